The van der Waals surface area contributed by atoms with Crippen LogP contribution in [0.25, 0.3) is 0 Å². The Balaban J connectivity index is 2.13. The Hall–Kier alpha value is -1.36. The summed E-state index contributed by atoms with van der Waals surface area (Å²) >= 11 is 0. The van der Waals surface area contributed by atoms with E-state index >= 15 is 0 Å². The lowest BCUT2D eigenvalue weighted by atomic mass is 10.1. The molecule has 1 atom stereocenters. The Morgan fingerprint density at radius 3 is 2.78 bits per heavy atom. The first-order chi connectivity index (χ1) is 8.54. The van der Waals surface area contributed by atoms with Crippen molar-refractivity contribution in [3.63, 3.8) is 0 Å². The minimum atomic E-state index is 0.108. The van der Waals surface area contributed by atoms with Gasteiger partial charge in [-0.25, -0.2) is 0 Å². The van der Waals surface area contributed by atoms with Gasteiger partial charge in [-0.15, -0.1) is 0 Å². The molecule has 0 aliphatic carbocycles. The average molecular weight is 251 g/mol. The summed E-state index contributed by atoms with van der Waals surface area (Å²) in [6, 6.07) is 0. The smallest absolute Gasteiger partial charge is 0.257 e. The van der Waals surface area contributed by atoms with Crippen LogP contribution < -0.4 is 0 Å². The van der Waals surface area contributed by atoms with Crippen LogP contribution in [-0.4, -0.2) is 47.4 Å². The molecule has 1 aliphatic rings. The Bertz CT molecular complexity index is 453. The van der Waals surface area contributed by atoms with Crippen molar-refractivity contribution in [1.29, 1.82) is 0 Å². The molecule has 0 radical (unpaired) electrons. The molecule has 5 heteroatoms. The standard InChI is InChI=1S/C13H21N3O2/c1-9-12(10(2)15(3)14-9)13(17)16-6-5-11(7-16)8-18-4/h11H,5-8H2,1-4H3/t11-/m1/s1. The molecule has 0 N–H and O–H groups in total. The first-order valence-electron chi connectivity index (χ1n) is 6.33. The van der Waals surface area contributed by atoms with E-state index in [-0.39, 0.29) is 5.91 Å². The number of methoxy groups -OCH3 is 1. The zero-order chi connectivity index (χ0) is 13.3. The maximum absolute atomic E-state index is 12.5. The number of carbonyl (C=O) groups excluding carboxylic acids is 1. The molecule has 2 rings (SSSR count). The minimum Gasteiger partial charge on any atom is -0.384 e. The van der Waals surface area contributed by atoms with Crippen molar-refractivity contribution in [2.24, 2.45) is 13.0 Å². The normalized spacial score (nSPS) is 19.6. The van der Waals surface area contributed by atoms with Crippen molar-refractivity contribution in [3.8, 4) is 0 Å². The van der Waals surface area contributed by atoms with Crippen molar-refractivity contribution in [2.45, 2.75) is 20.3 Å². The third-order valence-corrected chi connectivity index (χ3v) is 3.70. The van der Waals surface area contributed by atoms with Crippen molar-refractivity contribution in [1.82, 2.24) is 14.7 Å². The first-order valence-corrected chi connectivity index (χ1v) is 6.33. The van der Waals surface area contributed by atoms with Crippen LogP contribution in [0.15, 0.2) is 0 Å². The second-order valence-electron chi connectivity index (χ2n) is 5.03. The lowest BCUT2D eigenvalue weighted by Gasteiger charge is -2.16. The van der Waals surface area contributed by atoms with Crippen LogP contribution in [0.2, 0.25) is 0 Å². The molecule has 0 aromatic carbocycles. The highest BCUT2D eigenvalue weighted by atomic mass is 16.5. The van der Waals surface area contributed by atoms with Gasteiger partial charge in [-0.05, 0) is 20.3 Å². The Labute approximate surface area is 108 Å². The summed E-state index contributed by atoms with van der Waals surface area (Å²) in [5.74, 6) is 0.577. The highest BCUT2D eigenvalue weighted by Crippen LogP contribution is 2.21. The minimum absolute atomic E-state index is 0.108. The van der Waals surface area contributed by atoms with Gasteiger partial charge >= 0.3 is 0 Å². The number of nitrogens with zero attached hydrogens (tertiary/aromatic N) is 3. The van der Waals surface area contributed by atoms with Crippen molar-refractivity contribution in [3.05, 3.63) is 17.0 Å². The number of aryl methyl sites for hydroxylation is 2. The van der Waals surface area contributed by atoms with Gasteiger partial charge in [-0.3, -0.25) is 9.48 Å². The second kappa shape index (κ2) is 5.10. The SMILES string of the molecule is COC[C@@H]1CCN(C(=O)c2c(C)nn(C)c2C)C1. The summed E-state index contributed by atoms with van der Waals surface area (Å²) < 4.78 is 6.93. The number of carbonyl (C=O) groups is 1. The van der Waals surface area contributed by atoms with Gasteiger partial charge in [0.2, 0.25) is 0 Å². The van der Waals surface area contributed by atoms with Crippen LogP contribution in [-0.2, 0) is 11.8 Å². The van der Waals surface area contributed by atoms with Crippen LogP contribution in [0.1, 0.15) is 28.2 Å². The molecule has 0 spiro atoms. The van der Waals surface area contributed by atoms with Gasteiger partial charge in [-0.2, -0.15) is 5.10 Å². The monoisotopic (exact) mass is 251 g/mol. The van der Waals surface area contributed by atoms with Gasteiger partial charge in [0.15, 0.2) is 0 Å². The summed E-state index contributed by atoms with van der Waals surface area (Å²) in [5.41, 5.74) is 2.51. The van der Waals surface area contributed by atoms with Crippen molar-refractivity contribution >= 4 is 5.91 Å². The molecule has 1 amide bonds. The Morgan fingerprint density at radius 1 is 1.50 bits per heavy atom. The van der Waals surface area contributed by atoms with E-state index in [1.165, 1.54) is 0 Å². The Kier molecular flexibility index (Phi) is 3.71. The van der Waals surface area contributed by atoms with Gasteiger partial charge in [-0.1, -0.05) is 0 Å². The molecular weight excluding hydrogens is 230 g/mol. The van der Waals surface area contributed by atoms with Crippen LogP contribution in [0, 0.1) is 19.8 Å². The molecule has 0 unspecified atom stereocenters. The zero-order valence-corrected chi connectivity index (χ0v) is 11.6. The molecule has 1 aliphatic heterocycles. The highest BCUT2D eigenvalue weighted by Gasteiger charge is 2.29. The van der Waals surface area contributed by atoms with Crippen LogP contribution >= 0.6 is 0 Å². The molecule has 5 nitrogen and oxygen atoms in total. The number of amides is 1. The van der Waals surface area contributed by atoms with Gasteiger partial charge in [0, 0.05) is 38.9 Å². The number of rotatable bonds is 3. The topological polar surface area (TPSA) is 47.4 Å². The largest absolute Gasteiger partial charge is 0.384 e. The van der Waals surface area contributed by atoms with E-state index in [0.29, 0.717) is 5.92 Å². The van der Waals surface area contributed by atoms with Crippen molar-refractivity contribution in [2.75, 3.05) is 26.8 Å². The molecule has 0 saturated carbocycles. The molecule has 0 bridgehead atoms. The fourth-order valence-corrected chi connectivity index (χ4v) is 2.63. The van der Waals surface area contributed by atoms with Gasteiger partial charge in [0.05, 0.1) is 17.9 Å². The van der Waals surface area contributed by atoms with E-state index in [2.05, 4.69) is 5.10 Å². The molecule has 1 aromatic heterocycles. The fourth-order valence-electron chi connectivity index (χ4n) is 2.63. The van der Waals surface area contributed by atoms with Gasteiger partial charge < -0.3 is 9.64 Å². The predicted octanol–water partition coefficient (Wildman–Crippen LogP) is 1.15. The Morgan fingerprint density at radius 2 is 2.22 bits per heavy atom. The van der Waals surface area contributed by atoms with Gasteiger partial charge in [0.1, 0.15) is 0 Å². The summed E-state index contributed by atoms with van der Waals surface area (Å²) in [7, 11) is 3.58. The lowest BCUT2D eigenvalue weighted by Crippen LogP contribution is -2.30. The average Bonchev–Trinajstić information content (AvgIpc) is 2.86. The fraction of sp³-hybridized carbons (Fsp3) is 0.692. The third kappa shape index (κ3) is 2.27. The first kappa shape index (κ1) is 13.1. The van der Waals surface area contributed by atoms with Gasteiger partial charge in [0.25, 0.3) is 5.91 Å². The molecule has 2 heterocycles. The number of likely N-dealkylation sites (tertiary alicyclic amines) is 1. The summed E-state index contributed by atoms with van der Waals surface area (Å²) in [4.78, 5) is 14.4. The molecule has 1 fully saturated rings. The van der Waals surface area contributed by atoms with Crippen LogP contribution in [0.3, 0.4) is 0 Å². The van der Waals surface area contributed by atoms with E-state index in [4.69, 9.17) is 4.74 Å². The number of ether oxygens (including phenoxy) is 1. The molecule has 100 valence electrons. The summed E-state index contributed by atoms with van der Waals surface area (Å²) in [6.45, 7) is 6.18. The van der Waals surface area contributed by atoms with E-state index in [9.17, 15) is 4.79 Å². The van der Waals surface area contributed by atoms with E-state index in [0.717, 1.165) is 43.1 Å². The van der Waals surface area contributed by atoms with E-state index in [1.807, 2.05) is 25.8 Å². The molecule has 1 saturated heterocycles. The quantitative estimate of drug-likeness (QED) is 0.809. The zero-order valence-electron chi connectivity index (χ0n) is 11.6. The molecule has 1 aromatic rings. The van der Waals surface area contributed by atoms with E-state index < -0.39 is 0 Å². The van der Waals surface area contributed by atoms with Crippen LogP contribution in [0.5, 0.6) is 0 Å². The third-order valence-electron chi connectivity index (χ3n) is 3.70. The summed E-state index contributed by atoms with van der Waals surface area (Å²) in [6.07, 6.45) is 1.03. The number of hydrogen-bond donors (Lipinski definition) is 0. The van der Waals surface area contributed by atoms with E-state index in [1.54, 1.807) is 11.8 Å². The summed E-state index contributed by atoms with van der Waals surface area (Å²) in [5, 5.41) is 4.30. The maximum atomic E-state index is 12.5. The second-order valence-corrected chi connectivity index (χ2v) is 5.03. The number of hydrogen-bond acceptors (Lipinski definition) is 3. The number of aromatic nitrogens is 2. The highest BCUT2D eigenvalue weighted by molar-refractivity contribution is 5.96. The molecular formula is C13H21N3O2. The molecule has 18 heavy (non-hydrogen) atoms. The maximum Gasteiger partial charge on any atom is 0.257 e. The lowest BCUT2D eigenvalue weighted by molar-refractivity contribution is 0.0774. The van der Waals surface area contributed by atoms with Crippen molar-refractivity contribution < 1.29 is 9.53 Å². The predicted molar refractivity (Wildman–Crippen MR) is 68.6 cm³/mol. The van der Waals surface area contributed by atoms with Crippen LogP contribution in [0.4, 0.5) is 0 Å².